The molecule has 4 nitrogen and oxygen atoms in total. The highest BCUT2D eigenvalue weighted by molar-refractivity contribution is 7.99. The van der Waals surface area contributed by atoms with Gasteiger partial charge >= 0.3 is 0 Å². The molecular formula is C32H45N3OS. The van der Waals surface area contributed by atoms with Gasteiger partial charge < -0.3 is 16.0 Å². The second kappa shape index (κ2) is 15.8. The summed E-state index contributed by atoms with van der Waals surface area (Å²) < 4.78 is 0. The van der Waals surface area contributed by atoms with Crippen molar-refractivity contribution in [3.8, 4) is 0 Å². The average Bonchev–Trinajstić information content (AvgIpc) is 2.90. The van der Waals surface area contributed by atoms with Gasteiger partial charge in [0.1, 0.15) is 0 Å². The van der Waals surface area contributed by atoms with Crippen LogP contribution in [0.15, 0.2) is 60.7 Å². The maximum Gasteiger partial charge on any atom is 0.237 e. The van der Waals surface area contributed by atoms with E-state index in [4.69, 9.17) is 5.73 Å². The summed E-state index contributed by atoms with van der Waals surface area (Å²) in [6, 6.07) is 21.4. The molecule has 3 N–H and O–H groups in total. The monoisotopic (exact) mass is 519 g/mol. The van der Waals surface area contributed by atoms with Crippen LogP contribution in [0.4, 0.5) is 5.69 Å². The number of nitrogens with one attached hydrogen (secondary N) is 1. The summed E-state index contributed by atoms with van der Waals surface area (Å²) in [6.45, 7) is 1.91. The van der Waals surface area contributed by atoms with Gasteiger partial charge in [-0.25, -0.2) is 0 Å². The Balaban J connectivity index is 1.56. The summed E-state index contributed by atoms with van der Waals surface area (Å²) in [7, 11) is 4.26. The number of nitrogens with two attached hydrogens (primary N) is 1. The van der Waals surface area contributed by atoms with Crippen LogP contribution in [-0.2, 0) is 24.1 Å². The first kappa shape index (κ1) is 29.2. The summed E-state index contributed by atoms with van der Waals surface area (Å²) in [5.41, 5.74) is 10.5. The number of amides is 1. The van der Waals surface area contributed by atoms with Crippen molar-refractivity contribution < 1.29 is 4.79 Å². The van der Waals surface area contributed by atoms with Crippen LogP contribution in [0.3, 0.4) is 0 Å². The largest absolute Gasteiger partial charge is 0.330 e. The number of carbonyl (C=O) groups excluding carboxylic acids is 1. The fourth-order valence-electron chi connectivity index (χ4n) is 4.85. The quantitative estimate of drug-likeness (QED) is 0.207. The molecular weight excluding hydrogens is 474 g/mol. The Bertz CT molecular complexity index is 1100. The van der Waals surface area contributed by atoms with E-state index in [9.17, 15) is 4.79 Å². The highest BCUT2D eigenvalue weighted by Crippen LogP contribution is 2.27. The molecule has 1 amide bonds. The topological polar surface area (TPSA) is 58.4 Å². The SMILES string of the molecule is CSC(Cc1ccc(CCCCN)c2ccccc12)C(=O)Nc1ccc(CCCCCCN(C)C)cc1. The minimum atomic E-state index is -0.145. The molecule has 200 valence electrons. The van der Waals surface area contributed by atoms with Crippen LogP contribution in [-0.4, -0.2) is 49.5 Å². The number of rotatable bonds is 16. The van der Waals surface area contributed by atoms with Crippen molar-refractivity contribution in [1.82, 2.24) is 4.90 Å². The van der Waals surface area contributed by atoms with Crippen LogP contribution in [0.2, 0.25) is 0 Å². The molecule has 0 spiro atoms. The van der Waals surface area contributed by atoms with Crippen molar-refractivity contribution >= 4 is 34.1 Å². The zero-order valence-electron chi connectivity index (χ0n) is 23.0. The summed E-state index contributed by atoms with van der Waals surface area (Å²) in [5.74, 6) is 0.0669. The molecule has 0 aliphatic carbocycles. The lowest BCUT2D eigenvalue weighted by Gasteiger charge is -2.17. The van der Waals surface area contributed by atoms with Crippen molar-refractivity contribution in [2.24, 2.45) is 5.73 Å². The molecule has 0 saturated carbocycles. The number of aryl methyl sites for hydroxylation is 2. The van der Waals surface area contributed by atoms with Gasteiger partial charge in [-0.15, -0.1) is 0 Å². The van der Waals surface area contributed by atoms with E-state index in [1.165, 1.54) is 59.7 Å². The van der Waals surface area contributed by atoms with Gasteiger partial charge in [0.25, 0.3) is 0 Å². The normalized spacial score (nSPS) is 12.2. The van der Waals surface area contributed by atoms with Crippen molar-refractivity contribution in [3.63, 3.8) is 0 Å². The number of unbranched alkanes of at least 4 members (excludes halogenated alkanes) is 4. The third kappa shape index (κ3) is 9.48. The molecule has 0 bridgehead atoms. The van der Waals surface area contributed by atoms with Gasteiger partial charge in [0, 0.05) is 5.69 Å². The number of anilines is 1. The van der Waals surface area contributed by atoms with E-state index in [1.54, 1.807) is 11.8 Å². The lowest BCUT2D eigenvalue weighted by Crippen LogP contribution is -2.27. The van der Waals surface area contributed by atoms with Gasteiger partial charge in [0.05, 0.1) is 5.25 Å². The lowest BCUT2D eigenvalue weighted by atomic mass is 9.94. The van der Waals surface area contributed by atoms with Crippen LogP contribution in [0, 0.1) is 0 Å². The molecule has 1 atom stereocenters. The fourth-order valence-corrected chi connectivity index (χ4v) is 5.47. The number of hydrogen-bond acceptors (Lipinski definition) is 4. The van der Waals surface area contributed by atoms with Crippen molar-refractivity contribution in [2.75, 3.05) is 38.8 Å². The predicted molar refractivity (Wildman–Crippen MR) is 163 cm³/mol. The van der Waals surface area contributed by atoms with E-state index in [0.29, 0.717) is 6.42 Å². The molecule has 0 radical (unpaired) electrons. The second-order valence-electron chi connectivity index (χ2n) is 10.3. The van der Waals surface area contributed by atoms with E-state index in [2.05, 4.69) is 72.8 Å². The number of fused-ring (bicyclic) bond motifs is 1. The molecule has 3 aromatic carbocycles. The van der Waals surface area contributed by atoms with Crippen LogP contribution < -0.4 is 11.1 Å². The number of hydrogen-bond donors (Lipinski definition) is 2. The minimum Gasteiger partial charge on any atom is -0.330 e. The Morgan fingerprint density at radius 3 is 2.16 bits per heavy atom. The highest BCUT2D eigenvalue weighted by Gasteiger charge is 2.19. The molecule has 0 heterocycles. The Morgan fingerprint density at radius 2 is 1.49 bits per heavy atom. The zero-order valence-corrected chi connectivity index (χ0v) is 23.8. The third-order valence-electron chi connectivity index (χ3n) is 7.03. The molecule has 37 heavy (non-hydrogen) atoms. The highest BCUT2D eigenvalue weighted by atomic mass is 32.2. The Morgan fingerprint density at radius 1 is 0.838 bits per heavy atom. The van der Waals surface area contributed by atoms with E-state index in [1.807, 2.05) is 18.4 Å². The van der Waals surface area contributed by atoms with Gasteiger partial charge in [-0.2, -0.15) is 11.8 Å². The minimum absolute atomic E-state index is 0.0669. The molecule has 3 rings (SSSR count). The first-order valence-corrected chi connectivity index (χ1v) is 15.1. The first-order chi connectivity index (χ1) is 18.0. The second-order valence-corrected chi connectivity index (χ2v) is 11.3. The predicted octanol–water partition coefficient (Wildman–Crippen LogP) is 6.70. The van der Waals surface area contributed by atoms with Crippen LogP contribution in [0.25, 0.3) is 10.8 Å². The number of carbonyl (C=O) groups is 1. The number of benzene rings is 3. The molecule has 1 unspecified atom stereocenters. The van der Waals surface area contributed by atoms with E-state index < -0.39 is 0 Å². The summed E-state index contributed by atoms with van der Waals surface area (Å²) in [4.78, 5) is 15.4. The molecule has 5 heteroatoms. The molecule has 0 fully saturated rings. The van der Waals surface area contributed by atoms with Crippen molar-refractivity contribution in [3.05, 3.63) is 77.4 Å². The maximum absolute atomic E-state index is 13.2. The van der Waals surface area contributed by atoms with Crippen molar-refractivity contribution in [1.29, 1.82) is 0 Å². The smallest absolute Gasteiger partial charge is 0.237 e. The zero-order chi connectivity index (χ0) is 26.5. The van der Waals surface area contributed by atoms with Gasteiger partial charge in [0.2, 0.25) is 5.91 Å². The standard InChI is InChI=1S/C32H45N3OS/c1-35(2)23-11-5-4-6-12-25-16-20-28(21-17-25)34-32(36)31(37-3)24-27-19-18-26(13-9-10-22-33)29-14-7-8-15-30(27)29/h7-8,14-21,31H,4-6,9-13,22-24,33H2,1-3H3,(H,34,36). The maximum atomic E-state index is 13.2. The average molecular weight is 520 g/mol. The van der Waals surface area contributed by atoms with E-state index in [-0.39, 0.29) is 11.2 Å². The lowest BCUT2D eigenvalue weighted by molar-refractivity contribution is -0.115. The fraction of sp³-hybridized carbons (Fsp3) is 0.469. The summed E-state index contributed by atoms with van der Waals surface area (Å²) in [6.07, 6.45) is 12.1. The first-order valence-electron chi connectivity index (χ1n) is 13.8. The van der Waals surface area contributed by atoms with Crippen LogP contribution >= 0.6 is 11.8 Å². The summed E-state index contributed by atoms with van der Waals surface area (Å²) in [5, 5.41) is 5.56. The van der Waals surface area contributed by atoms with Gasteiger partial charge in [0.15, 0.2) is 0 Å². The van der Waals surface area contributed by atoms with Crippen LogP contribution in [0.5, 0.6) is 0 Å². The molecule has 0 saturated heterocycles. The molecule has 0 aliphatic rings. The van der Waals surface area contributed by atoms with Gasteiger partial charge in [-0.05, 0) is 118 Å². The Labute approximate surface area is 228 Å². The molecule has 0 aliphatic heterocycles. The van der Waals surface area contributed by atoms with E-state index >= 15 is 0 Å². The van der Waals surface area contributed by atoms with Gasteiger partial charge in [-0.1, -0.05) is 61.4 Å². The molecule has 0 aromatic heterocycles. The van der Waals surface area contributed by atoms with Crippen LogP contribution in [0.1, 0.15) is 55.2 Å². The molecule has 3 aromatic rings. The Kier molecular flexibility index (Phi) is 12.5. The summed E-state index contributed by atoms with van der Waals surface area (Å²) >= 11 is 1.62. The third-order valence-corrected chi connectivity index (χ3v) is 7.98. The van der Waals surface area contributed by atoms with E-state index in [0.717, 1.165) is 37.9 Å². The number of nitrogens with zero attached hydrogens (tertiary/aromatic N) is 1. The Hall–Kier alpha value is -2.34. The van der Waals surface area contributed by atoms with Crippen molar-refractivity contribution in [2.45, 2.75) is 63.0 Å². The number of thioether (sulfide) groups is 1. The van der Waals surface area contributed by atoms with Gasteiger partial charge in [-0.3, -0.25) is 4.79 Å².